The zero-order valence-corrected chi connectivity index (χ0v) is 15.8. The van der Waals surface area contributed by atoms with E-state index in [4.69, 9.17) is 21.7 Å². The van der Waals surface area contributed by atoms with Crippen LogP contribution in [0.4, 0.5) is 0 Å². The number of aliphatic carboxylic acids is 2. The number of nitrogens with zero attached hydrogens (tertiary/aromatic N) is 1. The molecule has 0 saturated carbocycles. The van der Waals surface area contributed by atoms with Gasteiger partial charge in [0.05, 0.1) is 0 Å². The molecule has 7 nitrogen and oxygen atoms in total. The molecule has 0 aromatic rings. The van der Waals surface area contributed by atoms with E-state index in [0.29, 0.717) is 6.42 Å². The van der Waals surface area contributed by atoms with Gasteiger partial charge in [-0.25, -0.2) is 0 Å². The summed E-state index contributed by atoms with van der Waals surface area (Å²) >= 11 is 0. The number of carbonyl (C=O) groups is 2. The Balaban J connectivity index is -0.000000520. The molecule has 0 amide bonds. The summed E-state index contributed by atoms with van der Waals surface area (Å²) in [5, 5.41) is 17.3. The molecule has 0 rings (SSSR count). The number of rotatable bonds is 11. The van der Waals surface area contributed by atoms with Gasteiger partial charge in [-0.05, 0) is 52.0 Å². The summed E-state index contributed by atoms with van der Waals surface area (Å²) in [6.07, 6.45) is 2.64. The topological polar surface area (TPSA) is 130 Å². The second kappa shape index (κ2) is 18.6. The van der Waals surface area contributed by atoms with Gasteiger partial charge in [-0.3, -0.25) is 9.59 Å². The van der Waals surface area contributed by atoms with Gasteiger partial charge < -0.3 is 26.6 Å². The number of hydrogen-bond acceptors (Lipinski definition) is 5. The molecule has 0 spiro atoms. The number of nitrogens with two attached hydrogens (primary N) is 2. The van der Waals surface area contributed by atoms with Gasteiger partial charge in [0.15, 0.2) is 5.92 Å². The van der Waals surface area contributed by atoms with Gasteiger partial charge in [0.2, 0.25) is 0 Å². The summed E-state index contributed by atoms with van der Waals surface area (Å²) in [6, 6.07) is 0. The van der Waals surface area contributed by atoms with E-state index in [2.05, 4.69) is 18.7 Å². The van der Waals surface area contributed by atoms with Crippen molar-refractivity contribution in [2.75, 3.05) is 32.7 Å². The van der Waals surface area contributed by atoms with E-state index in [9.17, 15) is 9.59 Å². The molecule has 0 bridgehead atoms. The van der Waals surface area contributed by atoms with Crippen molar-refractivity contribution < 1.29 is 40.9 Å². The third-order valence-corrected chi connectivity index (χ3v) is 3.12. The van der Waals surface area contributed by atoms with Gasteiger partial charge in [0.25, 0.3) is 0 Å². The molecule has 0 saturated heterocycles. The first-order chi connectivity index (χ1) is 9.94. The van der Waals surface area contributed by atoms with Gasteiger partial charge >= 0.3 is 11.9 Å². The Morgan fingerprint density at radius 2 is 1.41 bits per heavy atom. The van der Waals surface area contributed by atoms with Crippen molar-refractivity contribution >= 4 is 11.9 Å². The summed E-state index contributed by atoms with van der Waals surface area (Å²) in [5.74, 6) is -3.73. The Morgan fingerprint density at radius 1 is 0.955 bits per heavy atom. The molecule has 22 heavy (non-hydrogen) atoms. The molecule has 0 atom stereocenters. The van der Waals surface area contributed by atoms with E-state index in [-0.39, 0.29) is 27.5 Å². The van der Waals surface area contributed by atoms with Crippen LogP contribution in [0, 0.1) is 5.92 Å². The van der Waals surface area contributed by atoms with E-state index in [1.165, 1.54) is 0 Å². The Labute approximate surface area is 147 Å². The average Bonchev–Trinajstić information content (AvgIpc) is 2.43. The van der Waals surface area contributed by atoms with Crippen molar-refractivity contribution in [1.82, 2.24) is 4.90 Å². The van der Waals surface area contributed by atoms with E-state index in [0.717, 1.165) is 45.6 Å². The molecule has 8 heteroatoms. The van der Waals surface area contributed by atoms with Crippen LogP contribution in [0.3, 0.4) is 0 Å². The fourth-order valence-corrected chi connectivity index (χ4v) is 1.69. The van der Waals surface area contributed by atoms with Crippen LogP contribution < -0.4 is 11.5 Å². The minimum atomic E-state index is -1.25. The second-order valence-electron chi connectivity index (χ2n) is 4.68. The predicted octanol–water partition coefficient (Wildman–Crippen LogP) is 0.575. The number of carboxylic acids is 2. The van der Waals surface area contributed by atoms with E-state index in [1.807, 2.05) is 0 Å². The SMILES string of the molecule is CCN(CC)CCCCC(C(=O)O)C(=O)O.NCCCN.[Pt]. The van der Waals surface area contributed by atoms with Crippen LogP contribution >= 0.6 is 0 Å². The maximum atomic E-state index is 10.6. The largest absolute Gasteiger partial charge is 0.481 e. The molecular formula is C14H31N3O4Pt. The Hall–Kier alpha value is -0.492. The summed E-state index contributed by atoms with van der Waals surface area (Å²) in [5.41, 5.74) is 10.1. The second-order valence-corrected chi connectivity index (χ2v) is 4.68. The van der Waals surface area contributed by atoms with Crippen LogP contribution in [0.1, 0.15) is 39.5 Å². The van der Waals surface area contributed by atoms with Crippen LogP contribution in [-0.4, -0.2) is 59.8 Å². The first-order valence-electron chi connectivity index (χ1n) is 7.52. The van der Waals surface area contributed by atoms with Crippen LogP contribution in [0.5, 0.6) is 0 Å². The third kappa shape index (κ3) is 15.9. The molecule has 0 heterocycles. The zero-order valence-electron chi connectivity index (χ0n) is 13.6. The summed E-state index contributed by atoms with van der Waals surface area (Å²) in [4.78, 5) is 23.4. The first-order valence-corrected chi connectivity index (χ1v) is 7.52. The maximum Gasteiger partial charge on any atom is 0.317 e. The first kappa shape index (κ1) is 26.4. The maximum absolute atomic E-state index is 10.6. The zero-order chi connectivity index (χ0) is 16.7. The van der Waals surface area contributed by atoms with Gasteiger partial charge in [0, 0.05) is 21.1 Å². The molecule has 0 aliphatic heterocycles. The van der Waals surface area contributed by atoms with Crippen molar-refractivity contribution in [2.45, 2.75) is 39.5 Å². The normalized spacial score (nSPS) is 9.91. The molecule has 0 aliphatic rings. The molecule has 0 unspecified atom stereocenters. The summed E-state index contributed by atoms with van der Waals surface area (Å²) < 4.78 is 0. The van der Waals surface area contributed by atoms with E-state index in [1.54, 1.807) is 0 Å². The van der Waals surface area contributed by atoms with E-state index >= 15 is 0 Å². The van der Waals surface area contributed by atoms with Crippen molar-refractivity contribution in [3.8, 4) is 0 Å². The van der Waals surface area contributed by atoms with Gasteiger partial charge in [-0.1, -0.05) is 20.3 Å². The number of carboxylic acid groups (broad SMARTS) is 2. The smallest absolute Gasteiger partial charge is 0.317 e. The third-order valence-electron chi connectivity index (χ3n) is 3.12. The standard InChI is InChI=1S/C11H21NO4.C3H10N2.Pt/c1-3-12(4-2)8-6-5-7-9(10(13)14)11(15)16;4-2-1-3-5;/h9H,3-8H2,1-2H3,(H,13,14)(H,15,16);1-5H2;. The number of hydrogen-bond donors (Lipinski definition) is 4. The Kier molecular flexibility index (Phi) is 22.3. The molecular weight excluding hydrogens is 469 g/mol. The minimum absolute atomic E-state index is 0. The molecule has 0 radical (unpaired) electrons. The van der Waals surface area contributed by atoms with Gasteiger partial charge in [0.1, 0.15) is 0 Å². The van der Waals surface area contributed by atoms with Crippen LogP contribution in [0.15, 0.2) is 0 Å². The van der Waals surface area contributed by atoms with Gasteiger partial charge in [-0.15, -0.1) is 0 Å². The summed E-state index contributed by atoms with van der Waals surface area (Å²) in [6.45, 7) is 8.42. The Morgan fingerprint density at radius 3 is 1.68 bits per heavy atom. The van der Waals surface area contributed by atoms with Crippen molar-refractivity contribution in [3.63, 3.8) is 0 Å². The van der Waals surface area contributed by atoms with Gasteiger partial charge in [-0.2, -0.15) is 0 Å². The van der Waals surface area contributed by atoms with Crippen molar-refractivity contribution in [1.29, 1.82) is 0 Å². The van der Waals surface area contributed by atoms with Crippen LogP contribution in [0.25, 0.3) is 0 Å². The molecule has 0 fully saturated rings. The Bertz CT molecular complexity index is 261. The summed E-state index contributed by atoms with van der Waals surface area (Å²) in [7, 11) is 0. The fourth-order valence-electron chi connectivity index (χ4n) is 1.69. The monoisotopic (exact) mass is 500 g/mol. The molecule has 136 valence electrons. The van der Waals surface area contributed by atoms with Crippen molar-refractivity contribution in [2.24, 2.45) is 17.4 Å². The molecule has 0 aromatic heterocycles. The van der Waals surface area contributed by atoms with E-state index < -0.39 is 17.9 Å². The number of unbranched alkanes of at least 4 members (excludes halogenated alkanes) is 1. The van der Waals surface area contributed by atoms with Crippen molar-refractivity contribution in [3.05, 3.63) is 0 Å². The minimum Gasteiger partial charge on any atom is -0.481 e. The molecule has 6 N–H and O–H groups in total. The fraction of sp³-hybridized carbons (Fsp3) is 0.857. The predicted molar refractivity (Wildman–Crippen MR) is 83.1 cm³/mol. The molecule has 0 aliphatic carbocycles. The quantitative estimate of drug-likeness (QED) is 0.241. The average molecular weight is 500 g/mol. The molecule has 0 aromatic carbocycles. The van der Waals surface area contributed by atoms with Crippen LogP contribution in [-0.2, 0) is 30.7 Å². The van der Waals surface area contributed by atoms with Crippen LogP contribution in [0.2, 0.25) is 0 Å².